The van der Waals surface area contributed by atoms with Gasteiger partial charge in [0.25, 0.3) is 5.56 Å². The molecule has 0 aliphatic heterocycles. The number of benzene rings is 2. The maximum atomic E-state index is 14.3. The van der Waals surface area contributed by atoms with E-state index in [-0.39, 0.29) is 16.8 Å². The van der Waals surface area contributed by atoms with Crippen molar-refractivity contribution in [1.29, 1.82) is 5.26 Å². The van der Waals surface area contributed by atoms with Gasteiger partial charge in [0, 0.05) is 28.9 Å². The molecule has 1 aromatic heterocycles. The second-order valence-corrected chi connectivity index (χ2v) is 5.09. The predicted molar refractivity (Wildman–Crippen MR) is 85.9 cm³/mol. The maximum absolute atomic E-state index is 14.3. The molecule has 0 aliphatic carbocycles. The van der Waals surface area contributed by atoms with Gasteiger partial charge in [-0.15, -0.1) is 0 Å². The van der Waals surface area contributed by atoms with Gasteiger partial charge in [0.15, 0.2) is 0 Å². The number of rotatable bonds is 2. The number of nitrogens with zero attached hydrogens (tertiary/aromatic N) is 2. The monoisotopic (exact) mass is 308 g/mol. The topological polar surface area (TPSA) is 55.0 Å². The van der Waals surface area contributed by atoms with Crippen LogP contribution in [-0.2, 0) is 7.05 Å². The largest absolute Gasteiger partial charge is 0.497 e. The van der Waals surface area contributed by atoms with E-state index in [1.807, 2.05) is 6.07 Å². The second kappa shape index (κ2) is 5.58. The van der Waals surface area contributed by atoms with Crippen LogP contribution in [0.15, 0.2) is 47.3 Å². The molecule has 2 aromatic carbocycles. The highest BCUT2D eigenvalue weighted by Gasteiger charge is 2.19. The van der Waals surface area contributed by atoms with Gasteiger partial charge < -0.3 is 9.30 Å². The summed E-state index contributed by atoms with van der Waals surface area (Å²) in [7, 11) is 3.02. The number of ether oxygens (including phenoxy) is 1. The van der Waals surface area contributed by atoms with Gasteiger partial charge in [0.05, 0.1) is 7.11 Å². The lowest BCUT2D eigenvalue weighted by molar-refractivity contribution is 0.415. The number of halogens is 1. The van der Waals surface area contributed by atoms with Crippen LogP contribution in [0.4, 0.5) is 4.39 Å². The fourth-order valence-electron chi connectivity index (χ4n) is 2.69. The first-order valence-corrected chi connectivity index (χ1v) is 6.94. The lowest BCUT2D eigenvalue weighted by atomic mass is 9.96. The molecule has 0 spiro atoms. The Morgan fingerprint density at radius 3 is 2.57 bits per heavy atom. The molecule has 0 saturated heterocycles. The third kappa shape index (κ3) is 2.25. The normalized spacial score (nSPS) is 10.5. The molecule has 114 valence electrons. The molecule has 0 amide bonds. The maximum Gasteiger partial charge on any atom is 0.259 e. The molecule has 0 N–H and O–H groups in total. The first-order chi connectivity index (χ1) is 11.1. The van der Waals surface area contributed by atoms with Crippen molar-refractivity contribution in [2.45, 2.75) is 0 Å². The highest BCUT2D eigenvalue weighted by atomic mass is 19.1. The number of aromatic nitrogens is 1. The predicted octanol–water partition coefficient (Wildman–Crippen LogP) is 3.22. The van der Waals surface area contributed by atoms with Crippen molar-refractivity contribution in [2.75, 3.05) is 7.11 Å². The Morgan fingerprint density at radius 1 is 1.17 bits per heavy atom. The Balaban J connectivity index is 2.58. The van der Waals surface area contributed by atoms with Gasteiger partial charge in [-0.05, 0) is 24.3 Å². The van der Waals surface area contributed by atoms with Gasteiger partial charge in [-0.1, -0.05) is 18.2 Å². The van der Waals surface area contributed by atoms with Gasteiger partial charge in [0.1, 0.15) is 23.3 Å². The SMILES string of the molecule is COc1ccc2c(=O)n(C)c(C#N)c(-c3ccccc3F)c2c1. The van der Waals surface area contributed by atoms with Gasteiger partial charge in [-0.2, -0.15) is 5.26 Å². The molecule has 0 radical (unpaired) electrons. The molecule has 5 heteroatoms. The summed E-state index contributed by atoms with van der Waals surface area (Å²) in [6.07, 6.45) is 0. The summed E-state index contributed by atoms with van der Waals surface area (Å²) in [6, 6.07) is 13.2. The number of nitriles is 1. The molecule has 23 heavy (non-hydrogen) atoms. The molecule has 3 aromatic rings. The van der Waals surface area contributed by atoms with Crippen LogP contribution < -0.4 is 10.3 Å². The quantitative estimate of drug-likeness (QED) is 0.730. The second-order valence-electron chi connectivity index (χ2n) is 5.09. The van der Waals surface area contributed by atoms with Gasteiger partial charge in [-0.25, -0.2) is 4.39 Å². The minimum Gasteiger partial charge on any atom is -0.497 e. The van der Waals surface area contributed by atoms with Crippen LogP contribution in [0.1, 0.15) is 5.69 Å². The van der Waals surface area contributed by atoms with Gasteiger partial charge in [-0.3, -0.25) is 4.79 Å². The summed E-state index contributed by atoms with van der Waals surface area (Å²) in [6.45, 7) is 0. The molecule has 0 aliphatic rings. The Morgan fingerprint density at radius 2 is 1.91 bits per heavy atom. The van der Waals surface area contributed by atoms with E-state index in [4.69, 9.17) is 4.74 Å². The zero-order valence-corrected chi connectivity index (χ0v) is 12.6. The highest BCUT2D eigenvalue weighted by Crippen LogP contribution is 2.33. The van der Waals surface area contributed by atoms with Gasteiger partial charge in [0.2, 0.25) is 0 Å². The van der Waals surface area contributed by atoms with E-state index in [9.17, 15) is 14.4 Å². The van der Waals surface area contributed by atoms with Crippen LogP contribution in [-0.4, -0.2) is 11.7 Å². The van der Waals surface area contributed by atoms with Crippen LogP contribution in [0.3, 0.4) is 0 Å². The molecule has 0 fully saturated rings. The first-order valence-electron chi connectivity index (χ1n) is 6.94. The van der Waals surface area contributed by atoms with Crippen molar-refractivity contribution in [3.05, 3.63) is 64.3 Å². The fourth-order valence-corrected chi connectivity index (χ4v) is 2.69. The number of fused-ring (bicyclic) bond motifs is 1. The summed E-state index contributed by atoms with van der Waals surface area (Å²) < 4.78 is 20.8. The summed E-state index contributed by atoms with van der Waals surface area (Å²) in [5.41, 5.74) is 0.472. The number of hydrogen-bond acceptors (Lipinski definition) is 3. The minimum atomic E-state index is -0.452. The molecule has 0 bridgehead atoms. The summed E-state index contributed by atoms with van der Waals surface area (Å²) in [5.74, 6) is 0.0824. The molecule has 3 rings (SSSR count). The highest BCUT2D eigenvalue weighted by molar-refractivity contribution is 5.99. The molecule has 0 saturated carbocycles. The zero-order valence-electron chi connectivity index (χ0n) is 12.6. The third-order valence-corrected chi connectivity index (χ3v) is 3.85. The van der Waals surface area contributed by atoms with E-state index in [0.29, 0.717) is 22.1 Å². The average molecular weight is 308 g/mol. The summed E-state index contributed by atoms with van der Waals surface area (Å²) in [4.78, 5) is 12.5. The zero-order chi connectivity index (χ0) is 16.6. The molecule has 1 heterocycles. The molecule has 0 unspecified atom stereocenters. The van der Waals surface area contributed by atoms with Crippen LogP contribution in [0.5, 0.6) is 5.75 Å². The molecular weight excluding hydrogens is 295 g/mol. The van der Waals surface area contributed by atoms with Crippen molar-refractivity contribution in [2.24, 2.45) is 7.05 Å². The van der Waals surface area contributed by atoms with Crippen molar-refractivity contribution >= 4 is 10.8 Å². The fraction of sp³-hybridized carbons (Fsp3) is 0.111. The number of methoxy groups -OCH3 is 1. The minimum absolute atomic E-state index is 0.112. The van der Waals surface area contributed by atoms with Crippen LogP contribution in [0.25, 0.3) is 21.9 Å². The number of pyridine rings is 1. The smallest absolute Gasteiger partial charge is 0.259 e. The lowest BCUT2D eigenvalue weighted by Crippen LogP contribution is -2.20. The Bertz CT molecular complexity index is 1020. The Kier molecular flexibility index (Phi) is 3.59. The van der Waals surface area contributed by atoms with E-state index >= 15 is 0 Å². The summed E-state index contributed by atoms with van der Waals surface area (Å²) in [5, 5.41) is 10.4. The Hall–Kier alpha value is -3.13. The third-order valence-electron chi connectivity index (χ3n) is 3.85. The van der Waals surface area contributed by atoms with E-state index in [0.717, 1.165) is 0 Å². The van der Waals surface area contributed by atoms with E-state index in [2.05, 4.69) is 0 Å². The molecule has 0 atom stereocenters. The van der Waals surface area contributed by atoms with Gasteiger partial charge >= 0.3 is 0 Å². The van der Waals surface area contributed by atoms with E-state index < -0.39 is 5.82 Å². The lowest BCUT2D eigenvalue weighted by Gasteiger charge is -2.14. The first kappa shape index (κ1) is 14.8. The van der Waals surface area contributed by atoms with Crippen LogP contribution in [0.2, 0.25) is 0 Å². The summed E-state index contributed by atoms with van der Waals surface area (Å²) >= 11 is 0. The molecule has 4 nitrogen and oxygen atoms in total. The van der Waals surface area contributed by atoms with Crippen molar-refractivity contribution < 1.29 is 9.13 Å². The van der Waals surface area contributed by atoms with Crippen molar-refractivity contribution in [3.8, 4) is 22.9 Å². The van der Waals surface area contributed by atoms with E-state index in [1.165, 1.54) is 24.8 Å². The standard InChI is InChI=1S/C18H13FN2O2/c1-21-16(10-20)17(13-5-3-4-6-15(13)19)14-9-11(23-2)7-8-12(14)18(21)22/h3-9H,1-2H3. The Labute approximate surface area is 132 Å². The van der Waals surface area contributed by atoms with Crippen LogP contribution in [0, 0.1) is 17.1 Å². The van der Waals surface area contributed by atoms with E-state index in [1.54, 1.807) is 36.4 Å². The van der Waals surface area contributed by atoms with Crippen LogP contribution >= 0.6 is 0 Å². The number of hydrogen-bond donors (Lipinski definition) is 0. The van der Waals surface area contributed by atoms with Crippen molar-refractivity contribution in [1.82, 2.24) is 4.57 Å². The molecular formula is C18H13FN2O2. The van der Waals surface area contributed by atoms with Crippen molar-refractivity contribution in [3.63, 3.8) is 0 Å². The average Bonchev–Trinajstić information content (AvgIpc) is 2.58.